The van der Waals surface area contributed by atoms with Crippen molar-refractivity contribution in [3.05, 3.63) is 42.5 Å². The molecule has 0 unspecified atom stereocenters. The lowest BCUT2D eigenvalue weighted by molar-refractivity contribution is 1.40. The minimum Gasteiger partial charge on any atom is -0.399 e. The summed E-state index contributed by atoms with van der Waals surface area (Å²) in [4.78, 5) is 5.78. The van der Waals surface area contributed by atoms with Crippen LogP contribution in [0.25, 0.3) is 10.2 Å². The Kier molecular flexibility index (Phi) is 3.31. The molecule has 3 rings (SSSR count). The third-order valence-corrected chi connectivity index (χ3v) is 4.39. The molecule has 1 heterocycles. The van der Waals surface area contributed by atoms with E-state index in [1.807, 2.05) is 30.3 Å². The van der Waals surface area contributed by atoms with Gasteiger partial charge in [0.25, 0.3) is 0 Å². The number of hydrogen-bond donors (Lipinski definition) is 2. The average molecular weight is 287 g/mol. The first-order valence-electron chi connectivity index (χ1n) is 5.82. The van der Waals surface area contributed by atoms with Crippen LogP contribution in [0.2, 0.25) is 0 Å². The summed E-state index contributed by atoms with van der Waals surface area (Å²) in [7, 11) is 0. The molecule has 0 spiro atoms. The zero-order chi connectivity index (χ0) is 13.2. The minimum absolute atomic E-state index is 0.770. The smallest absolute Gasteiger partial charge is 0.188 e. The van der Waals surface area contributed by atoms with Crippen LogP contribution in [0.15, 0.2) is 47.4 Å². The number of anilines is 3. The summed E-state index contributed by atoms with van der Waals surface area (Å²) >= 11 is 3.34. The van der Waals surface area contributed by atoms with E-state index in [1.165, 1.54) is 4.90 Å². The number of benzene rings is 2. The highest BCUT2D eigenvalue weighted by Crippen LogP contribution is 2.30. The summed E-state index contributed by atoms with van der Waals surface area (Å²) in [5.41, 5.74) is 8.58. The molecule has 0 aliphatic heterocycles. The van der Waals surface area contributed by atoms with Crippen molar-refractivity contribution in [3.8, 4) is 0 Å². The number of thioether (sulfide) groups is 1. The quantitative estimate of drug-likeness (QED) is 0.555. The van der Waals surface area contributed by atoms with Gasteiger partial charge in [0.2, 0.25) is 0 Å². The van der Waals surface area contributed by atoms with Crippen LogP contribution in [-0.2, 0) is 0 Å². The molecule has 19 heavy (non-hydrogen) atoms. The fourth-order valence-electron chi connectivity index (χ4n) is 1.82. The Hall–Kier alpha value is -1.72. The molecular formula is C14H13N3S2. The van der Waals surface area contributed by atoms with Crippen LogP contribution < -0.4 is 11.1 Å². The van der Waals surface area contributed by atoms with Crippen molar-refractivity contribution in [1.29, 1.82) is 0 Å². The van der Waals surface area contributed by atoms with Gasteiger partial charge in [-0.3, -0.25) is 0 Å². The van der Waals surface area contributed by atoms with Crippen molar-refractivity contribution >= 4 is 49.8 Å². The number of nitrogen functional groups attached to an aromatic ring is 1. The highest BCUT2D eigenvalue weighted by atomic mass is 32.2. The lowest BCUT2D eigenvalue weighted by Crippen LogP contribution is -1.88. The lowest BCUT2D eigenvalue weighted by Gasteiger charge is -2.03. The van der Waals surface area contributed by atoms with E-state index >= 15 is 0 Å². The molecule has 0 saturated heterocycles. The van der Waals surface area contributed by atoms with Gasteiger partial charge in [-0.25, -0.2) is 4.98 Å². The maximum absolute atomic E-state index is 5.78. The van der Waals surface area contributed by atoms with Crippen LogP contribution >= 0.6 is 23.1 Å². The molecule has 2 aromatic carbocycles. The van der Waals surface area contributed by atoms with E-state index in [9.17, 15) is 0 Å². The lowest BCUT2D eigenvalue weighted by atomic mass is 10.3. The monoisotopic (exact) mass is 287 g/mol. The molecule has 3 aromatic rings. The molecule has 96 valence electrons. The fraction of sp³-hybridized carbons (Fsp3) is 0.0714. The van der Waals surface area contributed by atoms with Gasteiger partial charge in [-0.15, -0.1) is 11.8 Å². The Morgan fingerprint density at radius 1 is 1.21 bits per heavy atom. The largest absolute Gasteiger partial charge is 0.399 e. The molecule has 1 aromatic heterocycles. The summed E-state index contributed by atoms with van der Waals surface area (Å²) in [5, 5.41) is 4.23. The highest BCUT2D eigenvalue weighted by molar-refractivity contribution is 7.98. The third kappa shape index (κ3) is 2.67. The van der Waals surface area contributed by atoms with Gasteiger partial charge in [0.1, 0.15) is 0 Å². The highest BCUT2D eigenvalue weighted by Gasteiger charge is 2.04. The van der Waals surface area contributed by atoms with Crippen LogP contribution in [-0.4, -0.2) is 11.2 Å². The van der Waals surface area contributed by atoms with Crippen molar-refractivity contribution in [1.82, 2.24) is 4.98 Å². The molecular weight excluding hydrogens is 274 g/mol. The molecule has 0 aliphatic rings. The zero-order valence-corrected chi connectivity index (χ0v) is 12.0. The molecule has 0 fully saturated rings. The van der Waals surface area contributed by atoms with Gasteiger partial charge in [-0.2, -0.15) is 0 Å². The summed E-state index contributed by atoms with van der Waals surface area (Å²) in [6.45, 7) is 0. The number of thiazole rings is 1. The average Bonchev–Trinajstić information content (AvgIpc) is 2.80. The number of fused-ring (bicyclic) bond motifs is 1. The second kappa shape index (κ2) is 5.11. The molecule has 0 bridgehead atoms. The molecule has 0 amide bonds. The molecule has 0 radical (unpaired) electrons. The molecule has 0 saturated carbocycles. The Morgan fingerprint density at radius 3 is 2.95 bits per heavy atom. The first kappa shape index (κ1) is 12.3. The van der Waals surface area contributed by atoms with Gasteiger partial charge in [0, 0.05) is 16.3 Å². The van der Waals surface area contributed by atoms with E-state index in [4.69, 9.17) is 5.73 Å². The van der Waals surface area contributed by atoms with Crippen molar-refractivity contribution < 1.29 is 0 Å². The third-order valence-electron chi connectivity index (χ3n) is 2.73. The summed E-state index contributed by atoms with van der Waals surface area (Å²) in [6.07, 6.45) is 2.07. The van der Waals surface area contributed by atoms with Crippen molar-refractivity contribution in [2.75, 3.05) is 17.3 Å². The zero-order valence-electron chi connectivity index (χ0n) is 10.4. The minimum atomic E-state index is 0.770. The second-order valence-corrected chi connectivity index (χ2v) is 6.01. The van der Waals surface area contributed by atoms with Gasteiger partial charge in [0.05, 0.1) is 10.2 Å². The van der Waals surface area contributed by atoms with E-state index in [1.54, 1.807) is 23.1 Å². The summed E-state index contributed by atoms with van der Waals surface area (Å²) in [6, 6.07) is 14.1. The molecule has 3 nitrogen and oxygen atoms in total. The Labute approximate surface area is 119 Å². The van der Waals surface area contributed by atoms with Crippen LogP contribution in [0.1, 0.15) is 0 Å². The standard InChI is InChI=1S/C14H13N3S2/c1-18-11-4-2-3-10(8-11)16-14-17-12-6-5-9(15)7-13(12)19-14/h2-8H,15H2,1H3,(H,16,17). The van der Waals surface area contributed by atoms with Gasteiger partial charge in [-0.1, -0.05) is 17.4 Å². The summed E-state index contributed by atoms with van der Waals surface area (Å²) in [5.74, 6) is 0. The first-order valence-corrected chi connectivity index (χ1v) is 7.86. The normalized spacial score (nSPS) is 10.8. The van der Waals surface area contributed by atoms with Crippen molar-refractivity contribution in [3.63, 3.8) is 0 Å². The van der Waals surface area contributed by atoms with E-state index in [0.717, 1.165) is 26.7 Å². The molecule has 5 heteroatoms. The number of rotatable bonds is 3. The van der Waals surface area contributed by atoms with Crippen molar-refractivity contribution in [2.45, 2.75) is 4.90 Å². The van der Waals surface area contributed by atoms with Crippen LogP contribution in [0.3, 0.4) is 0 Å². The molecule has 3 N–H and O–H groups in total. The predicted octanol–water partition coefficient (Wildman–Crippen LogP) is 4.34. The van der Waals surface area contributed by atoms with E-state index < -0.39 is 0 Å². The second-order valence-electron chi connectivity index (χ2n) is 4.10. The number of nitrogens with two attached hydrogens (primary N) is 1. The van der Waals surface area contributed by atoms with E-state index in [2.05, 4.69) is 28.7 Å². The number of nitrogens with one attached hydrogen (secondary N) is 1. The summed E-state index contributed by atoms with van der Waals surface area (Å²) < 4.78 is 1.10. The molecule has 0 atom stereocenters. The molecule has 0 aliphatic carbocycles. The van der Waals surface area contributed by atoms with Crippen molar-refractivity contribution in [2.24, 2.45) is 0 Å². The Balaban J connectivity index is 1.92. The first-order chi connectivity index (χ1) is 9.24. The van der Waals surface area contributed by atoms with Gasteiger partial charge in [-0.05, 0) is 42.7 Å². The number of nitrogens with zero attached hydrogens (tertiary/aromatic N) is 1. The van der Waals surface area contributed by atoms with Crippen LogP contribution in [0, 0.1) is 0 Å². The SMILES string of the molecule is CSc1cccc(Nc2nc3ccc(N)cc3s2)c1. The Morgan fingerprint density at radius 2 is 2.11 bits per heavy atom. The topological polar surface area (TPSA) is 50.9 Å². The number of aromatic nitrogens is 1. The maximum atomic E-state index is 5.78. The van der Waals surface area contributed by atoms with Crippen LogP contribution in [0.5, 0.6) is 0 Å². The predicted molar refractivity (Wildman–Crippen MR) is 85.5 cm³/mol. The van der Waals surface area contributed by atoms with E-state index in [-0.39, 0.29) is 0 Å². The van der Waals surface area contributed by atoms with Gasteiger partial charge < -0.3 is 11.1 Å². The fourth-order valence-corrected chi connectivity index (χ4v) is 3.21. The van der Waals surface area contributed by atoms with Gasteiger partial charge >= 0.3 is 0 Å². The van der Waals surface area contributed by atoms with E-state index in [0.29, 0.717) is 0 Å². The maximum Gasteiger partial charge on any atom is 0.188 e. The van der Waals surface area contributed by atoms with Gasteiger partial charge in [0.15, 0.2) is 5.13 Å². The number of hydrogen-bond acceptors (Lipinski definition) is 5. The Bertz CT molecular complexity index is 722. The van der Waals surface area contributed by atoms with Crippen LogP contribution in [0.4, 0.5) is 16.5 Å².